The highest BCUT2D eigenvalue weighted by atomic mass is 16.6. The number of hydrogen-bond acceptors (Lipinski definition) is 3. The molecular formula is C19H19NO3. The number of benzene rings is 2. The molecule has 1 heterocycles. The standard InChI is InChI=1S/C19H19NO3/c1-13-8-10-16(11-9-13)17-18(23-14(2)21)19(22)20(17)12-15-6-4-3-5-7-15/h3-11,17-18H,12H2,1-2H3/t17-,18-/m1/s1. The van der Waals surface area contributed by atoms with Crippen molar-refractivity contribution in [3.05, 3.63) is 71.3 Å². The van der Waals surface area contributed by atoms with Crippen molar-refractivity contribution in [2.24, 2.45) is 0 Å². The smallest absolute Gasteiger partial charge is 0.303 e. The van der Waals surface area contributed by atoms with Gasteiger partial charge in [-0.3, -0.25) is 9.59 Å². The van der Waals surface area contributed by atoms with Crippen LogP contribution in [0.3, 0.4) is 0 Å². The largest absolute Gasteiger partial charge is 0.450 e. The normalized spacial score (nSPS) is 20.1. The van der Waals surface area contributed by atoms with E-state index < -0.39 is 12.1 Å². The fourth-order valence-corrected chi connectivity index (χ4v) is 2.89. The van der Waals surface area contributed by atoms with Crippen molar-refractivity contribution in [3.63, 3.8) is 0 Å². The summed E-state index contributed by atoms with van der Waals surface area (Å²) >= 11 is 0. The lowest BCUT2D eigenvalue weighted by Crippen LogP contribution is -2.59. The number of ether oxygens (including phenoxy) is 1. The van der Waals surface area contributed by atoms with Crippen LogP contribution in [0.1, 0.15) is 29.7 Å². The molecule has 118 valence electrons. The second-order valence-electron chi connectivity index (χ2n) is 5.84. The van der Waals surface area contributed by atoms with Crippen molar-refractivity contribution in [1.82, 2.24) is 4.90 Å². The number of β-lactam (4-membered cyclic amide) rings is 1. The molecule has 23 heavy (non-hydrogen) atoms. The van der Waals surface area contributed by atoms with Gasteiger partial charge in [0.15, 0.2) is 0 Å². The third-order valence-corrected chi connectivity index (χ3v) is 4.06. The first-order chi connectivity index (χ1) is 11.1. The maximum absolute atomic E-state index is 12.4. The van der Waals surface area contributed by atoms with Crippen LogP contribution in [0.5, 0.6) is 0 Å². The molecule has 2 aromatic rings. The van der Waals surface area contributed by atoms with Gasteiger partial charge in [-0.05, 0) is 18.1 Å². The van der Waals surface area contributed by atoms with E-state index in [4.69, 9.17) is 4.74 Å². The van der Waals surface area contributed by atoms with Crippen LogP contribution in [0, 0.1) is 6.92 Å². The number of esters is 1. The average molecular weight is 309 g/mol. The van der Waals surface area contributed by atoms with E-state index in [0.29, 0.717) is 6.54 Å². The Bertz CT molecular complexity index is 709. The van der Waals surface area contributed by atoms with E-state index in [1.807, 2.05) is 61.5 Å². The average Bonchev–Trinajstić information content (AvgIpc) is 2.55. The molecule has 0 aliphatic carbocycles. The van der Waals surface area contributed by atoms with E-state index in [9.17, 15) is 9.59 Å². The van der Waals surface area contributed by atoms with Gasteiger partial charge in [0, 0.05) is 13.5 Å². The molecule has 1 aliphatic heterocycles. The van der Waals surface area contributed by atoms with Gasteiger partial charge in [0.1, 0.15) is 6.04 Å². The first-order valence-corrected chi connectivity index (χ1v) is 7.64. The van der Waals surface area contributed by atoms with E-state index in [1.54, 1.807) is 4.90 Å². The molecule has 1 aliphatic rings. The minimum atomic E-state index is -0.723. The molecule has 2 atom stereocenters. The number of likely N-dealkylation sites (tertiary alicyclic amines) is 1. The monoisotopic (exact) mass is 309 g/mol. The number of carbonyl (C=O) groups is 2. The topological polar surface area (TPSA) is 46.6 Å². The van der Waals surface area contributed by atoms with Crippen molar-refractivity contribution in [1.29, 1.82) is 0 Å². The second kappa shape index (κ2) is 6.24. The zero-order chi connectivity index (χ0) is 16.4. The predicted octanol–water partition coefficient (Wildman–Crippen LogP) is 3.01. The molecule has 1 saturated heterocycles. The first kappa shape index (κ1) is 15.3. The van der Waals surface area contributed by atoms with Gasteiger partial charge in [-0.1, -0.05) is 60.2 Å². The van der Waals surface area contributed by atoms with Crippen LogP contribution in [-0.2, 0) is 20.9 Å². The Hall–Kier alpha value is -2.62. The van der Waals surface area contributed by atoms with Gasteiger partial charge in [-0.2, -0.15) is 0 Å². The van der Waals surface area contributed by atoms with Crippen molar-refractivity contribution in [2.75, 3.05) is 0 Å². The van der Waals surface area contributed by atoms with Crippen LogP contribution in [0.15, 0.2) is 54.6 Å². The Morgan fingerprint density at radius 2 is 1.74 bits per heavy atom. The Morgan fingerprint density at radius 3 is 2.35 bits per heavy atom. The van der Waals surface area contributed by atoms with E-state index in [-0.39, 0.29) is 11.9 Å². The van der Waals surface area contributed by atoms with Crippen molar-refractivity contribution >= 4 is 11.9 Å². The Morgan fingerprint density at radius 1 is 1.09 bits per heavy atom. The van der Waals surface area contributed by atoms with Crippen molar-refractivity contribution < 1.29 is 14.3 Å². The van der Waals surface area contributed by atoms with E-state index in [2.05, 4.69) is 0 Å². The highest BCUT2D eigenvalue weighted by Crippen LogP contribution is 2.38. The first-order valence-electron chi connectivity index (χ1n) is 7.64. The maximum Gasteiger partial charge on any atom is 0.303 e. The lowest BCUT2D eigenvalue weighted by Gasteiger charge is -2.46. The molecule has 0 radical (unpaired) electrons. The molecule has 0 spiro atoms. The highest BCUT2D eigenvalue weighted by molar-refractivity contribution is 5.90. The highest BCUT2D eigenvalue weighted by Gasteiger charge is 2.50. The van der Waals surface area contributed by atoms with Gasteiger partial charge < -0.3 is 9.64 Å². The van der Waals surface area contributed by atoms with Gasteiger partial charge in [0.25, 0.3) is 5.91 Å². The minimum absolute atomic E-state index is 0.144. The molecule has 3 rings (SSSR count). The van der Waals surface area contributed by atoms with Gasteiger partial charge in [0.05, 0.1) is 0 Å². The summed E-state index contributed by atoms with van der Waals surface area (Å²) in [7, 11) is 0. The van der Waals surface area contributed by atoms with Gasteiger partial charge in [-0.25, -0.2) is 0 Å². The summed E-state index contributed by atoms with van der Waals surface area (Å²) in [5.74, 6) is -0.575. The minimum Gasteiger partial charge on any atom is -0.450 e. The number of aryl methyl sites for hydroxylation is 1. The zero-order valence-corrected chi connectivity index (χ0v) is 13.2. The third-order valence-electron chi connectivity index (χ3n) is 4.06. The Labute approximate surface area is 135 Å². The quantitative estimate of drug-likeness (QED) is 0.644. The van der Waals surface area contributed by atoms with Crippen LogP contribution >= 0.6 is 0 Å². The lowest BCUT2D eigenvalue weighted by molar-refractivity contribution is -0.183. The molecule has 4 nitrogen and oxygen atoms in total. The zero-order valence-electron chi connectivity index (χ0n) is 13.2. The van der Waals surface area contributed by atoms with Crippen molar-refractivity contribution in [2.45, 2.75) is 32.5 Å². The maximum atomic E-state index is 12.4. The Kier molecular flexibility index (Phi) is 4.15. The van der Waals surface area contributed by atoms with Crippen LogP contribution in [0.2, 0.25) is 0 Å². The summed E-state index contributed by atoms with van der Waals surface area (Å²) in [4.78, 5) is 25.5. The van der Waals surface area contributed by atoms with Crippen LogP contribution < -0.4 is 0 Å². The van der Waals surface area contributed by atoms with Gasteiger partial charge in [-0.15, -0.1) is 0 Å². The van der Waals surface area contributed by atoms with E-state index in [0.717, 1.165) is 16.7 Å². The molecule has 0 N–H and O–H groups in total. The molecular weight excluding hydrogens is 290 g/mol. The van der Waals surface area contributed by atoms with Crippen molar-refractivity contribution in [3.8, 4) is 0 Å². The third kappa shape index (κ3) is 3.11. The summed E-state index contributed by atoms with van der Waals surface area (Å²) in [6.07, 6.45) is -0.723. The summed E-state index contributed by atoms with van der Waals surface area (Å²) < 4.78 is 5.23. The summed E-state index contributed by atoms with van der Waals surface area (Å²) in [5.41, 5.74) is 3.19. The predicted molar refractivity (Wildman–Crippen MR) is 86.5 cm³/mol. The number of carbonyl (C=O) groups excluding carboxylic acids is 2. The number of amides is 1. The lowest BCUT2D eigenvalue weighted by atomic mass is 9.89. The second-order valence-corrected chi connectivity index (χ2v) is 5.84. The SMILES string of the molecule is CC(=O)O[C@H]1C(=O)N(Cc2ccccc2)[C@@H]1c1ccc(C)cc1. The van der Waals surface area contributed by atoms with E-state index >= 15 is 0 Å². The van der Waals surface area contributed by atoms with Gasteiger partial charge >= 0.3 is 5.97 Å². The number of hydrogen-bond donors (Lipinski definition) is 0. The summed E-state index contributed by atoms with van der Waals surface area (Å²) in [6, 6.07) is 17.6. The molecule has 0 aromatic heterocycles. The molecule has 0 saturated carbocycles. The number of nitrogens with zero attached hydrogens (tertiary/aromatic N) is 1. The van der Waals surface area contributed by atoms with Crippen LogP contribution in [0.25, 0.3) is 0 Å². The van der Waals surface area contributed by atoms with E-state index in [1.165, 1.54) is 6.92 Å². The summed E-state index contributed by atoms with van der Waals surface area (Å²) in [6.45, 7) is 3.86. The van der Waals surface area contributed by atoms with Crippen LogP contribution in [-0.4, -0.2) is 22.9 Å². The molecule has 1 fully saturated rings. The number of rotatable bonds is 4. The Balaban J connectivity index is 1.86. The summed E-state index contributed by atoms with van der Waals surface area (Å²) in [5, 5.41) is 0. The van der Waals surface area contributed by atoms with Crippen LogP contribution in [0.4, 0.5) is 0 Å². The molecule has 0 unspecified atom stereocenters. The fourth-order valence-electron chi connectivity index (χ4n) is 2.89. The van der Waals surface area contributed by atoms with Gasteiger partial charge in [0.2, 0.25) is 6.10 Å². The molecule has 4 heteroatoms. The molecule has 0 bridgehead atoms. The fraction of sp³-hybridized carbons (Fsp3) is 0.263. The molecule has 1 amide bonds. The molecule has 2 aromatic carbocycles.